The van der Waals surface area contributed by atoms with Crippen molar-refractivity contribution in [1.82, 2.24) is 0 Å². The van der Waals surface area contributed by atoms with Gasteiger partial charge in [0, 0.05) is 17.7 Å². The second-order valence-electron chi connectivity index (χ2n) is 5.42. The molecule has 0 fully saturated rings. The van der Waals surface area contributed by atoms with Crippen LogP contribution in [0, 0.1) is 10.1 Å². The maximum Gasteiger partial charge on any atom is 0.341 e. The molecule has 2 aromatic rings. The van der Waals surface area contributed by atoms with Gasteiger partial charge in [0.05, 0.1) is 17.7 Å². The molecular formula is C18H18N2O7. The summed E-state index contributed by atoms with van der Waals surface area (Å²) in [6.07, 6.45) is 0. The smallest absolute Gasteiger partial charge is 0.341 e. The van der Waals surface area contributed by atoms with Crippen LogP contribution in [-0.2, 0) is 16.2 Å². The number of hydrogen-bond donors (Lipinski definition) is 1. The molecule has 142 valence electrons. The average molecular weight is 374 g/mol. The second-order valence-corrected chi connectivity index (χ2v) is 5.42. The van der Waals surface area contributed by atoms with Crippen LogP contribution in [0.2, 0.25) is 0 Å². The number of carboxylic acids is 1. The third-order valence-corrected chi connectivity index (χ3v) is 3.51. The molecule has 0 bridgehead atoms. The van der Waals surface area contributed by atoms with Crippen LogP contribution >= 0.6 is 0 Å². The van der Waals surface area contributed by atoms with E-state index in [9.17, 15) is 14.9 Å². The molecule has 0 saturated heterocycles. The minimum absolute atomic E-state index is 0.00514. The fraction of sp³-hybridized carbons (Fsp3) is 0.222. The highest BCUT2D eigenvalue weighted by molar-refractivity contribution is 5.98. The topological polar surface area (TPSA) is 120 Å². The molecule has 1 N–H and O–H groups in total. The summed E-state index contributed by atoms with van der Waals surface area (Å²) in [6, 6.07) is 11.0. The van der Waals surface area contributed by atoms with Gasteiger partial charge in [-0.15, -0.1) is 0 Å². The van der Waals surface area contributed by atoms with E-state index in [0.717, 1.165) is 5.56 Å². The summed E-state index contributed by atoms with van der Waals surface area (Å²) >= 11 is 0. The van der Waals surface area contributed by atoms with Crippen LogP contribution in [0.1, 0.15) is 18.1 Å². The number of non-ortho nitro benzene ring substituents is 1. The molecule has 0 spiro atoms. The quantitative estimate of drug-likeness (QED) is 0.407. The van der Waals surface area contributed by atoms with Gasteiger partial charge in [0.15, 0.2) is 18.1 Å². The number of carboxylic acid groups (broad SMARTS) is 1. The number of aliphatic carboxylic acids is 1. The van der Waals surface area contributed by atoms with E-state index in [2.05, 4.69) is 5.16 Å². The van der Waals surface area contributed by atoms with E-state index in [-0.39, 0.29) is 18.0 Å². The highest BCUT2D eigenvalue weighted by Crippen LogP contribution is 2.28. The first-order valence-electron chi connectivity index (χ1n) is 7.83. The summed E-state index contributed by atoms with van der Waals surface area (Å²) in [5.74, 6) is -0.416. The third-order valence-electron chi connectivity index (χ3n) is 3.51. The molecule has 9 nitrogen and oxygen atoms in total. The van der Waals surface area contributed by atoms with E-state index in [4.69, 9.17) is 19.4 Å². The molecule has 2 rings (SSSR count). The van der Waals surface area contributed by atoms with Crippen molar-refractivity contribution in [2.45, 2.75) is 13.5 Å². The number of nitro groups is 1. The fourth-order valence-electron chi connectivity index (χ4n) is 2.12. The Balaban J connectivity index is 2.04. The Bertz CT molecular complexity index is 847. The zero-order valence-corrected chi connectivity index (χ0v) is 14.7. The summed E-state index contributed by atoms with van der Waals surface area (Å²) in [4.78, 5) is 26.1. The van der Waals surface area contributed by atoms with E-state index in [1.54, 1.807) is 37.3 Å². The number of hydrogen-bond acceptors (Lipinski definition) is 7. The number of nitrogens with zero attached hydrogens (tertiary/aromatic N) is 2. The molecule has 0 radical (unpaired) electrons. The first-order chi connectivity index (χ1) is 12.9. The normalized spacial score (nSPS) is 11.0. The Labute approximate surface area is 154 Å². The molecule has 0 saturated carbocycles. The van der Waals surface area contributed by atoms with Crippen molar-refractivity contribution >= 4 is 17.4 Å². The molecule has 0 aromatic heterocycles. The van der Waals surface area contributed by atoms with Crippen LogP contribution in [0.15, 0.2) is 47.6 Å². The van der Waals surface area contributed by atoms with Gasteiger partial charge in [-0.05, 0) is 42.8 Å². The van der Waals surface area contributed by atoms with Gasteiger partial charge in [0.1, 0.15) is 6.61 Å². The number of nitro benzene ring substituents is 1. The third kappa shape index (κ3) is 5.70. The van der Waals surface area contributed by atoms with Crippen LogP contribution in [0.5, 0.6) is 11.5 Å². The van der Waals surface area contributed by atoms with Gasteiger partial charge in [-0.1, -0.05) is 5.16 Å². The van der Waals surface area contributed by atoms with Crippen molar-refractivity contribution in [3.63, 3.8) is 0 Å². The number of ether oxygens (including phenoxy) is 2. The predicted molar refractivity (Wildman–Crippen MR) is 96.2 cm³/mol. The first-order valence-corrected chi connectivity index (χ1v) is 7.83. The SMILES string of the molecule is COc1ccc(/C(C)=N/OCc2ccc([N+](=O)[O-])cc2)cc1OCC(=O)O. The van der Waals surface area contributed by atoms with Gasteiger partial charge in [0.2, 0.25) is 0 Å². The Morgan fingerprint density at radius 1 is 1.19 bits per heavy atom. The summed E-state index contributed by atoms with van der Waals surface area (Å²) < 4.78 is 10.3. The summed E-state index contributed by atoms with van der Waals surface area (Å²) in [5, 5.41) is 23.4. The Kier molecular flexibility index (Phi) is 6.70. The second kappa shape index (κ2) is 9.18. The number of rotatable bonds is 9. The maximum absolute atomic E-state index is 10.7. The minimum atomic E-state index is -1.10. The van der Waals surface area contributed by atoms with Crippen molar-refractivity contribution in [2.75, 3.05) is 13.7 Å². The molecule has 0 amide bonds. The molecule has 9 heteroatoms. The largest absolute Gasteiger partial charge is 0.493 e. The van der Waals surface area contributed by atoms with Crippen LogP contribution < -0.4 is 9.47 Å². The summed E-state index contributed by atoms with van der Waals surface area (Å²) in [7, 11) is 1.46. The summed E-state index contributed by atoms with van der Waals surface area (Å²) in [5.41, 5.74) is 1.95. The van der Waals surface area contributed by atoms with E-state index in [0.29, 0.717) is 17.0 Å². The standard InChI is InChI=1S/C18H18N2O7/c1-12(19-27-10-13-3-6-15(7-4-13)20(23)24)14-5-8-16(25-2)17(9-14)26-11-18(21)22/h3-9H,10-11H2,1-2H3,(H,21,22)/b19-12+. The van der Waals surface area contributed by atoms with Gasteiger partial charge >= 0.3 is 5.97 Å². The zero-order chi connectivity index (χ0) is 19.8. The number of benzene rings is 2. The van der Waals surface area contributed by atoms with Gasteiger partial charge in [0.25, 0.3) is 5.69 Å². The highest BCUT2D eigenvalue weighted by Gasteiger charge is 2.10. The average Bonchev–Trinajstić information content (AvgIpc) is 2.66. The fourth-order valence-corrected chi connectivity index (χ4v) is 2.12. The van der Waals surface area contributed by atoms with Crippen molar-refractivity contribution < 1.29 is 29.1 Å². The van der Waals surface area contributed by atoms with Crippen LogP contribution in [0.25, 0.3) is 0 Å². The van der Waals surface area contributed by atoms with E-state index in [1.807, 2.05) is 0 Å². The molecule has 0 aliphatic rings. The molecule has 0 atom stereocenters. The predicted octanol–water partition coefficient (Wildman–Crippen LogP) is 3.01. The lowest BCUT2D eigenvalue weighted by molar-refractivity contribution is -0.384. The lowest BCUT2D eigenvalue weighted by atomic mass is 10.1. The molecule has 0 aliphatic heterocycles. The van der Waals surface area contributed by atoms with Crippen molar-refractivity contribution in [1.29, 1.82) is 0 Å². The Hall–Kier alpha value is -3.62. The Morgan fingerprint density at radius 2 is 1.89 bits per heavy atom. The molecule has 2 aromatic carbocycles. The first kappa shape index (κ1) is 19.7. The molecule has 0 aliphatic carbocycles. The summed E-state index contributed by atoms with van der Waals surface area (Å²) in [6.45, 7) is 1.37. The zero-order valence-electron chi connectivity index (χ0n) is 14.7. The van der Waals surface area contributed by atoms with Crippen LogP contribution in [-0.4, -0.2) is 35.4 Å². The lowest BCUT2D eigenvalue weighted by Gasteiger charge is -2.11. The number of carbonyl (C=O) groups is 1. The highest BCUT2D eigenvalue weighted by atomic mass is 16.6. The van der Waals surface area contributed by atoms with Gasteiger partial charge in [-0.3, -0.25) is 10.1 Å². The van der Waals surface area contributed by atoms with Crippen molar-refractivity contribution in [3.05, 3.63) is 63.7 Å². The van der Waals surface area contributed by atoms with Crippen LogP contribution in [0.4, 0.5) is 5.69 Å². The van der Waals surface area contributed by atoms with Crippen molar-refractivity contribution in [3.8, 4) is 11.5 Å². The molecule has 0 unspecified atom stereocenters. The minimum Gasteiger partial charge on any atom is -0.493 e. The number of methoxy groups -OCH3 is 1. The lowest BCUT2D eigenvalue weighted by Crippen LogP contribution is -2.10. The van der Waals surface area contributed by atoms with Gasteiger partial charge < -0.3 is 19.4 Å². The molecular weight excluding hydrogens is 356 g/mol. The maximum atomic E-state index is 10.7. The monoisotopic (exact) mass is 374 g/mol. The van der Waals surface area contributed by atoms with E-state index < -0.39 is 17.5 Å². The van der Waals surface area contributed by atoms with E-state index in [1.165, 1.54) is 19.2 Å². The van der Waals surface area contributed by atoms with Gasteiger partial charge in [-0.2, -0.15) is 0 Å². The van der Waals surface area contributed by atoms with Crippen molar-refractivity contribution in [2.24, 2.45) is 5.16 Å². The Morgan fingerprint density at radius 3 is 2.48 bits per heavy atom. The van der Waals surface area contributed by atoms with E-state index >= 15 is 0 Å². The molecule has 0 heterocycles. The molecule has 27 heavy (non-hydrogen) atoms. The number of oxime groups is 1. The van der Waals surface area contributed by atoms with Crippen LogP contribution in [0.3, 0.4) is 0 Å². The van der Waals surface area contributed by atoms with Gasteiger partial charge in [-0.25, -0.2) is 4.79 Å².